The minimum atomic E-state index is -0.997. The molecule has 0 amide bonds. The maximum Gasteiger partial charge on any atom is 0.305 e. The van der Waals surface area contributed by atoms with Crippen LogP contribution in [0.2, 0.25) is 0 Å². The lowest BCUT2D eigenvalue weighted by Gasteiger charge is -2.12. The van der Waals surface area contributed by atoms with E-state index in [0.717, 1.165) is 57.8 Å². The van der Waals surface area contributed by atoms with Crippen LogP contribution in [0.3, 0.4) is 0 Å². The smallest absolute Gasteiger partial charge is 0.305 e. The average molecular weight is 703 g/mol. The predicted octanol–water partition coefficient (Wildman–Crippen LogP) is 12.0. The number of rotatable bonds is 37. The standard InChI is InChI=1S/C44H78O6/c1-3-5-7-8-9-10-11-12-13-14-15-16-17-20-23-26-29-33-37-43(47)49-39-42(46)40-50-44(48)38-34-30-27-24-21-18-19-22-25-28-32-36-41(45)35-31-6-4-2/h18-19,24-25,27-28,32,36,41-42,45-46H,3-17,20-23,26,29-31,33-35,37-40H2,1-2H3/b19-18-,27-24-,28-25-,36-32+/t41-,42-/m1/s1. The molecule has 0 aromatic rings. The largest absolute Gasteiger partial charge is 0.463 e. The molecule has 2 atom stereocenters. The van der Waals surface area contributed by atoms with Gasteiger partial charge in [0.1, 0.15) is 19.3 Å². The van der Waals surface area contributed by atoms with Gasteiger partial charge in [0, 0.05) is 12.8 Å². The van der Waals surface area contributed by atoms with Gasteiger partial charge in [-0.1, -0.05) is 191 Å². The Labute approximate surface area is 308 Å². The van der Waals surface area contributed by atoms with E-state index in [-0.39, 0.29) is 37.7 Å². The number of aliphatic hydroxyl groups is 2. The number of esters is 2. The first-order chi connectivity index (χ1) is 24.5. The van der Waals surface area contributed by atoms with Gasteiger partial charge in [0.25, 0.3) is 0 Å². The molecule has 290 valence electrons. The number of aliphatic hydroxyl groups excluding tert-OH is 2. The molecular formula is C44H78O6. The lowest BCUT2D eigenvalue weighted by Crippen LogP contribution is -2.25. The second kappa shape index (κ2) is 39.6. The summed E-state index contributed by atoms with van der Waals surface area (Å²) < 4.78 is 10.3. The van der Waals surface area contributed by atoms with Crippen molar-refractivity contribution >= 4 is 11.9 Å². The molecule has 0 heterocycles. The predicted molar refractivity (Wildman–Crippen MR) is 211 cm³/mol. The van der Waals surface area contributed by atoms with E-state index in [0.29, 0.717) is 12.8 Å². The number of carbonyl (C=O) groups excluding carboxylic acids is 2. The second-order valence-corrected chi connectivity index (χ2v) is 14.0. The summed E-state index contributed by atoms with van der Waals surface area (Å²) in [4.78, 5) is 23.9. The second-order valence-electron chi connectivity index (χ2n) is 14.0. The van der Waals surface area contributed by atoms with Gasteiger partial charge >= 0.3 is 11.9 Å². The van der Waals surface area contributed by atoms with Gasteiger partial charge in [-0.05, 0) is 38.5 Å². The van der Waals surface area contributed by atoms with Crippen LogP contribution in [0.15, 0.2) is 48.6 Å². The molecule has 0 rings (SSSR count). The van der Waals surface area contributed by atoms with Crippen LogP contribution in [-0.2, 0) is 19.1 Å². The van der Waals surface area contributed by atoms with E-state index in [9.17, 15) is 19.8 Å². The number of hydrogen-bond acceptors (Lipinski definition) is 6. The SMILES string of the molecule is CCCCCCCCCCCCCCCCCCCCC(=O)OC[C@@H](O)COC(=O)CCC/C=C\C/C=C\C/C=C\C=C\[C@H](O)CCCCC. The molecule has 0 aliphatic carbocycles. The number of carbonyl (C=O) groups is 2. The zero-order valence-electron chi connectivity index (χ0n) is 32.5. The van der Waals surface area contributed by atoms with Crippen LogP contribution in [0, 0.1) is 0 Å². The number of unbranched alkanes of at least 4 members (excludes halogenated alkanes) is 20. The molecule has 0 aromatic carbocycles. The van der Waals surface area contributed by atoms with E-state index >= 15 is 0 Å². The summed E-state index contributed by atoms with van der Waals surface area (Å²) in [6.45, 7) is 4.14. The molecule has 50 heavy (non-hydrogen) atoms. The highest BCUT2D eigenvalue weighted by molar-refractivity contribution is 5.69. The first-order valence-corrected chi connectivity index (χ1v) is 20.8. The van der Waals surface area contributed by atoms with E-state index in [1.165, 1.54) is 103 Å². The van der Waals surface area contributed by atoms with Crippen LogP contribution in [-0.4, -0.2) is 47.6 Å². The summed E-state index contributed by atoms with van der Waals surface area (Å²) in [6.07, 6.45) is 46.4. The van der Waals surface area contributed by atoms with E-state index in [1.807, 2.05) is 18.2 Å². The van der Waals surface area contributed by atoms with E-state index in [4.69, 9.17) is 9.47 Å². The Morgan fingerprint density at radius 2 is 0.920 bits per heavy atom. The van der Waals surface area contributed by atoms with Crippen molar-refractivity contribution in [2.24, 2.45) is 0 Å². The minimum Gasteiger partial charge on any atom is -0.463 e. The molecule has 2 N–H and O–H groups in total. The molecule has 0 aliphatic heterocycles. The van der Waals surface area contributed by atoms with Gasteiger partial charge in [0.15, 0.2) is 0 Å². The van der Waals surface area contributed by atoms with Crippen LogP contribution in [0.25, 0.3) is 0 Å². The number of hydrogen-bond donors (Lipinski definition) is 2. The Balaban J connectivity index is 3.54. The Morgan fingerprint density at radius 1 is 0.500 bits per heavy atom. The molecule has 0 bridgehead atoms. The highest BCUT2D eigenvalue weighted by Crippen LogP contribution is 2.15. The Morgan fingerprint density at radius 3 is 1.44 bits per heavy atom. The first kappa shape index (κ1) is 47.8. The molecular weight excluding hydrogens is 624 g/mol. The zero-order chi connectivity index (χ0) is 36.6. The normalized spacial score (nSPS) is 13.3. The highest BCUT2D eigenvalue weighted by atomic mass is 16.6. The fraction of sp³-hybridized carbons (Fsp3) is 0.773. The summed E-state index contributed by atoms with van der Waals surface area (Å²) in [5.41, 5.74) is 0. The van der Waals surface area contributed by atoms with Gasteiger partial charge in [-0.3, -0.25) is 9.59 Å². The van der Waals surface area contributed by atoms with Crippen LogP contribution < -0.4 is 0 Å². The van der Waals surface area contributed by atoms with Gasteiger partial charge in [-0.2, -0.15) is 0 Å². The molecule has 0 radical (unpaired) electrons. The van der Waals surface area contributed by atoms with Crippen molar-refractivity contribution in [3.63, 3.8) is 0 Å². The molecule has 0 unspecified atom stereocenters. The molecule has 0 aromatic heterocycles. The molecule has 0 spiro atoms. The molecule has 0 fully saturated rings. The van der Waals surface area contributed by atoms with Gasteiger partial charge in [0.05, 0.1) is 6.10 Å². The van der Waals surface area contributed by atoms with Crippen molar-refractivity contribution in [1.29, 1.82) is 0 Å². The first-order valence-electron chi connectivity index (χ1n) is 20.8. The van der Waals surface area contributed by atoms with Gasteiger partial charge < -0.3 is 19.7 Å². The van der Waals surface area contributed by atoms with Crippen molar-refractivity contribution in [3.8, 4) is 0 Å². The van der Waals surface area contributed by atoms with E-state index < -0.39 is 6.10 Å². The highest BCUT2D eigenvalue weighted by Gasteiger charge is 2.12. The van der Waals surface area contributed by atoms with Crippen molar-refractivity contribution in [2.45, 2.75) is 206 Å². The van der Waals surface area contributed by atoms with Crippen molar-refractivity contribution in [1.82, 2.24) is 0 Å². The lowest BCUT2D eigenvalue weighted by atomic mass is 10.0. The maximum atomic E-state index is 12.0. The fourth-order valence-electron chi connectivity index (χ4n) is 5.72. The van der Waals surface area contributed by atoms with Crippen LogP contribution in [0.1, 0.15) is 194 Å². The number of ether oxygens (including phenoxy) is 2. The lowest BCUT2D eigenvalue weighted by molar-refractivity contribution is -0.152. The van der Waals surface area contributed by atoms with Crippen molar-refractivity contribution < 1.29 is 29.3 Å². The summed E-state index contributed by atoms with van der Waals surface area (Å²) in [5, 5.41) is 19.9. The summed E-state index contributed by atoms with van der Waals surface area (Å²) in [5.74, 6) is -0.650. The van der Waals surface area contributed by atoms with Crippen molar-refractivity contribution in [3.05, 3.63) is 48.6 Å². The molecule has 6 nitrogen and oxygen atoms in total. The Kier molecular flexibility index (Phi) is 37.9. The Hall–Kier alpha value is -2.18. The van der Waals surface area contributed by atoms with E-state index in [1.54, 1.807) is 0 Å². The zero-order valence-corrected chi connectivity index (χ0v) is 32.5. The Bertz CT molecular complexity index is 861. The maximum absolute atomic E-state index is 12.0. The van der Waals surface area contributed by atoms with Crippen LogP contribution in [0.5, 0.6) is 0 Å². The van der Waals surface area contributed by atoms with Crippen molar-refractivity contribution in [2.75, 3.05) is 13.2 Å². The molecule has 6 heteroatoms. The fourth-order valence-corrected chi connectivity index (χ4v) is 5.72. The topological polar surface area (TPSA) is 93.1 Å². The summed E-state index contributed by atoms with van der Waals surface area (Å²) in [7, 11) is 0. The van der Waals surface area contributed by atoms with Crippen LogP contribution in [0.4, 0.5) is 0 Å². The summed E-state index contributed by atoms with van der Waals surface area (Å²) in [6, 6.07) is 0. The molecule has 0 saturated carbocycles. The monoisotopic (exact) mass is 703 g/mol. The third-order valence-corrected chi connectivity index (χ3v) is 8.92. The summed E-state index contributed by atoms with van der Waals surface area (Å²) >= 11 is 0. The van der Waals surface area contributed by atoms with Gasteiger partial charge in [0.2, 0.25) is 0 Å². The van der Waals surface area contributed by atoms with E-state index in [2.05, 4.69) is 44.2 Å². The van der Waals surface area contributed by atoms with Gasteiger partial charge in [-0.25, -0.2) is 0 Å². The molecule has 0 aliphatic rings. The number of allylic oxidation sites excluding steroid dienone is 7. The van der Waals surface area contributed by atoms with Crippen LogP contribution >= 0.6 is 0 Å². The third kappa shape index (κ3) is 38.6. The quantitative estimate of drug-likeness (QED) is 0.0290. The minimum absolute atomic E-state index is 0.143. The third-order valence-electron chi connectivity index (χ3n) is 8.92. The average Bonchev–Trinajstić information content (AvgIpc) is 3.11. The molecule has 0 saturated heterocycles. The van der Waals surface area contributed by atoms with Gasteiger partial charge in [-0.15, -0.1) is 0 Å².